The second-order valence-electron chi connectivity index (χ2n) is 4.24. The van der Waals surface area contributed by atoms with Crippen LogP contribution in [-0.4, -0.2) is 14.6 Å². The normalized spacial score (nSPS) is 11.3. The summed E-state index contributed by atoms with van der Waals surface area (Å²) in [6, 6.07) is 8.58. The molecule has 0 fully saturated rings. The molecule has 1 aromatic carbocycles. The predicted octanol–water partition coefficient (Wildman–Crippen LogP) is 3.87. The van der Waals surface area contributed by atoms with Crippen molar-refractivity contribution in [1.82, 2.24) is 14.6 Å². The van der Waals surface area contributed by atoms with Crippen molar-refractivity contribution >= 4 is 28.1 Å². The molecule has 18 heavy (non-hydrogen) atoms. The summed E-state index contributed by atoms with van der Waals surface area (Å²) in [5.74, 6) is 0.830. The number of aryl methyl sites for hydroxylation is 3. The molecule has 5 heteroatoms. The average molecular weight is 275 g/mol. The van der Waals surface area contributed by atoms with Gasteiger partial charge in [-0.15, -0.1) is 0 Å². The van der Waals surface area contributed by atoms with Gasteiger partial charge in [0.25, 0.3) is 0 Å². The Morgan fingerprint density at radius 3 is 2.50 bits per heavy atom. The Labute approximate surface area is 114 Å². The molecule has 0 bridgehead atoms. The molecule has 2 aromatic heterocycles. The van der Waals surface area contributed by atoms with E-state index in [4.69, 9.17) is 0 Å². The highest BCUT2D eigenvalue weighted by Crippen LogP contribution is 2.36. The van der Waals surface area contributed by atoms with Crippen molar-refractivity contribution < 1.29 is 0 Å². The second-order valence-corrected chi connectivity index (χ2v) is 6.56. The van der Waals surface area contributed by atoms with Crippen molar-refractivity contribution in [3.05, 3.63) is 41.3 Å². The van der Waals surface area contributed by atoms with Crippen LogP contribution in [0.25, 0.3) is 4.96 Å². The first-order valence-electron chi connectivity index (χ1n) is 5.71. The molecule has 0 N–H and O–H groups in total. The van der Waals surface area contributed by atoms with Crippen LogP contribution in [-0.2, 0) is 0 Å². The van der Waals surface area contributed by atoms with Gasteiger partial charge in [-0.1, -0.05) is 40.8 Å². The van der Waals surface area contributed by atoms with Crippen LogP contribution in [0, 0.1) is 20.8 Å². The van der Waals surface area contributed by atoms with E-state index in [2.05, 4.69) is 48.2 Å². The van der Waals surface area contributed by atoms with E-state index in [1.54, 1.807) is 23.1 Å². The van der Waals surface area contributed by atoms with Crippen LogP contribution in [0.1, 0.15) is 17.1 Å². The van der Waals surface area contributed by atoms with Gasteiger partial charge in [0.15, 0.2) is 0 Å². The van der Waals surface area contributed by atoms with Crippen LogP contribution in [0.4, 0.5) is 0 Å². The Bertz CT molecular complexity index is 695. The summed E-state index contributed by atoms with van der Waals surface area (Å²) in [6.45, 7) is 6.12. The third-order valence-corrected chi connectivity index (χ3v) is 5.13. The topological polar surface area (TPSA) is 30.2 Å². The maximum Gasteiger partial charge on any atom is 0.213 e. The van der Waals surface area contributed by atoms with Crippen molar-refractivity contribution in [2.75, 3.05) is 0 Å². The van der Waals surface area contributed by atoms with Gasteiger partial charge in [-0.25, -0.2) is 9.50 Å². The highest BCUT2D eigenvalue weighted by Gasteiger charge is 2.12. The summed E-state index contributed by atoms with van der Waals surface area (Å²) in [5, 5.41) is 4.39. The average Bonchev–Trinajstić information content (AvgIpc) is 2.82. The summed E-state index contributed by atoms with van der Waals surface area (Å²) in [5.41, 5.74) is 2.45. The second kappa shape index (κ2) is 4.40. The van der Waals surface area contributed by atoms with Gasteiger partial charge >= 0.3 is 0 Å². The molecule has 0 unspecified atom stereocenters. The first-order valence-corrected chi connectivity index (χ1v) is 7.34. The molecular weight excluding hydrogens is 262 g/mol. The maximum absolute atomic E-state index is 4.41. The van der Waals surface area contributed by atoms with Crippen LogP contribution < -0.4 is 0 Å². The molecule has 92 valence electrons. The number of thiazole rings is 1. The van der Waals surface area contributed by atoms with Crippen molar-refractivity contribution in [1.29, 1.82) is 0 Å². The molecule has 0 aliphatic heterocycles. The van der Waals surface area contributed by atoms with Gasteiger partial charge in [-0.3, -0.25) is 0 Å². The summed E-state index contributed by atoms with van der Waals surface area (Å²) in [4.78, 5) is 6.63. The molecule has 0 saturated carbocycles. The molecule has 3 aromatic rings. The van der Waals surface area contributed by atoms with Gasteiger partial charge in [0.05, 0.1) is 9.90 Å². The van der Waals surface area contributed by atoms with E-state index in [0.717, 1.165) is 10.8 Å². The monoisotopic (exact) mass is 275 g/mol. The van der Waals surface area contributed by atoms with Gasteiger partial charge in [0, 0.05) is 4.90 Å². The zero-order valence-electron chi connectivity index (χ0n) is 10.5. The molecule has 3 nitrogen and oxygen atoms in total. The standard InChI is InChI=1S/C13H13N3S2/c1-8-4-6-11(7-5-8)17-12-9(2)16-13(18-12)14-10(3)15-16/h4-7H,1-3H3. The fourth-order valence-corrected chi connectivity index (χ4v) is 3.97. The lowest BCUT2D eigenvalue weighted by Gasteiger charge is -2.00. The largest absolute Gasteiger partial charge is 0.213 e. The molecule has 0 spiro atoms. The van der Waals surface area contributed by atoms with E-state index in [1.165, 1.54) is 20.4 Å². The Kier molecular flexibility index (Phi) is 2.87. The van der Waals surface area contributed by atoms with Crippen LogP contribution in [0.3, 0.4) is 0 Å². The number of aromatic nitrogens is 3. The third-order valence-electron chi connectivity index (χ3n) is 2.71. The first-order chi connectivity index (χ1) is 8.63. The molecule has 0 aliphatic carbocycles. The lowest BCUT2D eigenvalue weighted by Crippen LogP contribution is -1.87. The number of hydrogen-bond acceptors (Lipinski definition) is 4. The summed E-state index contributed by atoms with van der Waals surface area (Å²) in [7, 11) is 0. The van der Waals surface area contributed by atoms with E-state index >= 15 is 0 Å². The number of benzene rings is 1. The van der Waals surface area contributed by atoms with Crippen molar-refractivity contribution in [2.45, 2.75) is 29.9 Å². The number of nitrogens with zero attached hydrogens (tertiary/aromatic N) is 3. The molecule has 0 aliphatic rings. The summed E-state index contributed by atoms with van der Waals surface area (Å²) >= 11 is 3.47. The zero-order chi connectivity index (χ0) is 12.7. The highest BCUT2D eigenvalue weighted by atomic mass is 32.2. The van der Waals surface area contributed by atoms with Gasteiger partial charge < -0.3 is 0 Å². The minimum atomic E-state index is 0.830. The zero-order valence-corrected chi connectivity index (χ0v) is 12.1. The van der Waals surface area contributed by atoms with E-state index < -0.39 is 0 Å². The van der Waals surface area contributed by atoms with Crippen LogP contribution in [0.5, 0.6) is 0 Å². The SMILES string of the molecule is Cc1ccc(Sc2sc3nc(C)nn3c2C)cc1. The fraction of sp³-hybridized carbons (Fsp3) is 0.231. The molecule has 3 rings (SSSR count). The van der Waals surface area contributed by atoms with Crippen molar-refractivity contribution in [3.8, 4) is 0 Å². The molecule has 0 saturated heterocycles. The molecule has 0 radical (unpaired) electrons. The van der Waals surface area contributed by atoms with Gasteiger partial charge in [-0.2, -0.15) is 5.10 Å². The number of rotatable bonds is 2. The Balaban J connectivity index is 1.97. The Hall–Kier alpha value is -1.33. The third kappa shape index (κ3) is 2.04. The molecule has 2 heterocycles. The molecule has 0 atom stereocenters. The highest BCUT2D eigenvalue weighted by molar-refractivity contribution is 8.01. The fourth-order valence-electron chi connectivity index (χ4n) is 1.73. The van der Waals surface area contributed by atoms with E-state index in [0.29, 0.717) is 0 Å². The van der Waals surface area contributed by atoms with Crippen molar-refractivity contribution in [2.24, 2.45) is 0 Å². The van der Waals surface area contributed by atoms with Crippen LogP contribution in [0.2, 0.25) is 0 Å². The minimum Gasteiger partial charge on any atom is -0.207 e. The Morgan fingerprint density at radius 1 is 1.11 bits per heavy atom. The van der Waals surface area contributed by atoms with Crippen LogP contribution in [0.15, 0.2) is 33.4 Å². The first kappa shape index (κ1) is 11.7. The predicted molar refractivity (Wildman–Crippen MR) is 75.6 cm³/mol. The molecule has 0 amide bonds. The number of hydrogen-bond donors (Lipinski definition) is 0. The van der Waals surface area contributed by atoms with E-state index in [9.17, 15) is 0 Å². The van der Waals surface area contributed by atoms with Gasteiger partial charge in [0.1, 0.15) is 5.82 Å². The van der Waals surface area contributed by atoms with E-state index in [1.807, 2.05) is 11.4 Å². The van der Waals surface area contributed by atoms with Crippen molar-refractivity contribution in [3.63, 3.8) is 0 Å². The van der Waals surface area contributed by atoms with Gasteiger partial charge in [-0.05, 0) is 32.9 Å². The maximum atomic E-state index is 4.41. The summed E-state index contributed by atoms with van der Waals surface area (Å²) in [6.07, 6.45) is 0. The van der Waals surface area contributed by atoms with E-state index in [-0.39, 0.29) is 0 Å². The summed E-state index contributed by atoms with van der Waals surface area (Å²) < 4.78 is 3.19. The number of fused-ring (bicyclic) bond motifs is 1. The minimum absolute atomic E-state index is 0.830. The quantitative estimate of drug-likeness (QED) is 0.711. The lowest BCUT2D eigenvalue weighted by molar-refractivity contribution is 0.891. The Morgan fingerprint density at radius 2 is 1.83 bits per heavy atom. The smallest absolute Gasteiger partial charge is 0.207 e. The van der Waals surface area contributed by atoms with Gasteiger partial charge in [0.2, 0.25) is 4.96 Å². The van der Waals surface area contributed by atoms with Crippen LogP contribution >= 0.6 is 23.1 Å². The molecular formula is C13H13N3S2. The lowest BCUT2D eigenvalue weighted by atomic mass is 10.2.